The fourth-order valence-electron chi connectivity index (χ4n) is 3.09. The molecule has 1 saturated heterocycles. The minimum absolute atomic E-state index is 0.0472. The molecule has 2 atom stereocenters. The van der Waals surface area contributed by atoms with Gasteiger partial charge in [-0.25, -0.2) is 18.2 Å². The molecule has 2 aromatic carbocycles. The van der Waals surface area contributed by atoms with Crippen LogP contribution in [0, 0.1) is 11.7 Å². The Bertz CT molecular complexity index is 873. The third-order valence-electron chi connectivity index (χ3n) is 4.49. The molecular formula is C19H22FN3O3S. The first-order valence-electron chi connectivity index (χ1n) is 8.70. The largest absolute Gasteiger partial charge is 0.355 e. The molecule has 3 rings (SSSR count). The van der Waals surface area contributed by atoms with E-state index < -0.39 is 15.8 Å². The van der Waals surface area contributed by atoms with E-state index >= 15 is 0 Å². The van der Waals surface area contributed by atoms with E-state index in [1.54, 1.807) is 36.4 Å². The number of benzene rings is 2. The fraction of sp³-hybridized carbons (Fsp3) is 0.316. The molecule has 0 aliphatic carbocycles. The van der Waals surface area contributed by atoms with E-state index in [-0.39, 0.29) is 35.8 Å². The summed E-state index contributed by atoms with van der Waals surface area (Å²) in [6.07, 6.45) is 0. The Balaban J connectivity index is 1.53. The van der Waals surface area contributed by atoms with Crippen LogP contribution >= 0.6 is 0 Å². The van der Waals surface area contributed by atoms with Gasteiger partial charge in [-0.1, -0.05) is 42.5 Å². The second-order valence-electron chi connectivity index (χ2n) is 6.53. The van der Waals surface area contributed by atoms with Gasteiger partial charge in [0, 0.05) is 13.1 Å². The molecule has 1 fully saturated rings. The van der Waals surface area contributed by atoms with Gasteiger partial charge in [0.2, 0.25) is 5.91 Å². The van der Waals surface area contributed by atoms with Gasteiger partial charge in [-0.15, -0.1) is 0 Å². The van der Waals surface area contributed by atoms with Crippen LogP contribution in [0.3, 0.4) is 0 Å². The maximum Gasteiger partial charge on any atom is 0.226 e. The molecule has 2 aromatic rings. The Hall–Kier alpha value is -2.29. The topological polar surface area (TPSA) is 87.3 Å². The Morgan fingerprint density at radius 1 is 1.11 bits per heavy atom. The summed E-state index contributed by atoms with van der Waals surface area (Å²) in [7, 11) is -3.31. The maximum atomic E-state index is 13.1. The lowest BCUT2D eigenvalue weighted by Crippen LogP contribution is -2.37. The van der Waals surface area contributed by atoms with Gasteiger partial charge >= 0.3 is 0 Å². The van der Waals surface area contributed by atoms with Crippen molar-refractivity contribution in [2.45, 2.75) is 11.8 Å². The molecule has 1 aliphatic heterocycles. The minimum atomic E-state index is -3.31. The molecule has 0 bridgehead atoms. The first-order valence-corrected chi connectivity index (χ1v) is 10.5. The van der Waals surface area contributed by atoms with Crippen LogP contribution in [0.1, 0.15) is 17.2 Å². The lowest BCUT2D eigenvalue weighted by molar-refractivity contribution is -0.124. The number of nitrogens with one attached hydrogen (secondary N) is 3. The number of rotatable bonds is 7. The average Bonchev–Trinajstić information content (AvgIpc) is 3.12. The van der Waals surface area contributed by atoms with E-state index in [2.05, 4.69) is 16.2 Å². The van der Waals surface area contributed by atoms with Crippen LogP contribution in [-0.4, -0.2) is 33.2 Å². The number of amides is 1. The highest BCUT2D eigenvalue weighted by atomic mass is 32.2. The van der Waals surface area contributed by atoms with E-state index in [4.69, 9.17) is 0 Å². The average molecular weight is 391 g/mol. The molecular weight excluding hydrogens is 369 g/mol. The van der Waals surface area contributed by atoms with Gasteiger partial charge < -0.3 is 5.32 Å². The molecule has 144 valence electrons. The smallest absolute Gasteiger partial charge is 0.226 e. The lowest BCUT2D eigenvalue weighted by Gasteiger charge is -2.18. The molecule has 1 amide bonds. The Morgan fingerprint density at radius 3 is 2.52 bits per heavy atom. The van der Waals surface area contributed by atoms with E-state index in [0.29, 0.717) is 6.54 Å². The summed E-state index contributed by atoms with van der Waals surface area (Å²) in [6, 6.07) is 14.6. The van der Waals surface area contributed by atoms with Crippen molar-refractivity contribution in [2.24, 2.45) is 5.92 Å². The van der Waals surface area contributed by atoms with Gasteiger partial charge in [0.15, 0.2) is 9.84 Å². The Labute approximate surface area is 158 Å². The van der Waals surface area contributed by atoms with Crippen LogP contribution < -0.4 is 16.2 Å². The Kier molecular flexibility index (Phi) is 6.20. The monoisotopic (exact) mass is 391 g/mol. The van der Waals surface area contributed by atoms with Crippen molar-refractivity contribution in [2.75, 3.05) is 18.8 Å². The number of hydrazine groups is 1. The highest BCUT2D eigenvalue weighted by Crippen LogP contribution is 2.25. The fourth-order valence-corrected chi connectivity index (χ4v) is 4.35. The molecule has 1 aliphatic rings. The maximum absolute atomic E-state index is 13.1. The third-order valence-corrected chi connectivity index (χ3v) is 6.09. The van der Waals surface area contributed by atoms with Gasteiger partial charge in [-0.2, -0.15) is 0 Å². The lowest BCUT2D eigenvalue weighted by atomic mass is 9.94. The SMILES string of the molecule is O=C(NCCS(=O)(=O)Cc1ccccc1)C1CNNC1c1ccc(F)cc1. The van der Waals surface area contributed by atoms with Gasteiger partial charge in [-0.05, 0) is 23.3 Å². The molecule has 2 unspecified atom stereocenters. The number of hydrogen-bond acceptors (Lipinski definition) is 5. The zero-order chi connectivity index (χ0) is 19.3. The molecule has 8 heteroatoms. The number of carbonyl (C=O) groups is 1. The molecule has 6 nitrogen and oxygen atoms in total. The number of hydrogen-bond donors (Lipinski definition) is 3. The highest BCUT2D eigenvalue weighted by molar-refractivity contribution is 7.90. The van der Waals surface area contributed by atoms with Gasteiger partial charge in [-0.3, -0.25) is 10.2 Å². The zero-order valence-corrected chi connectivity index (χ0v) is 15.5. The van der Waals surface area contributed by atoms with Gasteiger partial charge in [0.1, 0.15) is 5.82 Å². The Morgan fingerprint density at radius 2 is 1.81 bits per heavy atom. The summed E-state index contributed by atoms with van der Waals surface area (Å²) in [5.74, 6) is -1.16. The van der Waals surface area contributed by atoms with Crippen molar-refractivity contribution in [1.29, 1.82) is 0 Å². The highest BCUT2D eigenvalue weighted by Gasteiger charge is 2.33. The molecule has 1 heterocycles. The number of halogens is 1. The van der Waals surface area contributed by atoms with Crippen LogP contribution in [-0.2, 0) is 20.4 Å². The standard InChI is InChI=1S/C19H22FN3O3S/c20-16-8-6-15(7-9-16)18-17(12-22-23-18)19(24)21-10-11-27(25,26)13-14-4-2-1-3-5-14/h1-9,17-18,22-23H,10-13H2,(H,21,24). The number of sulfone groups is 1. The van der Waals surface area contributed by atoms with Gasteiger partial charge in [0.05, 0.1) is 23.5 Å². The predicted molar refractivity (Wildman–Crippen MR) is 101 cm³/mol. The van der Waals surface area contributed by atoms with Crippen LogP contribution in [0.5, 0.6) is 0 Å². The molecule has 27 heavy (non-hydrogen) atoms. The van der Waals surface area contributed by atoms with Crippen molar-refractivity contribution >= 4 is 15.7 Å². The van der Waals surface area contributed by atoms with E-state index in [9.17, 15) is 17.6 Å². The molecule has 0 saturated carbocycles. The predicted octanol–water partition coefficient (Wildman–Crippen LogP) is 1.32. The number of carbonyl (C=O) groups excluding carboxylic acids is 1. The quantitative estimate of drug-likeness (QED) is 0.663. The summed E-state index contributed by atoms with van der Waals surface area (Å²) in [5, 5.41) is 2.71. The van der Waals surface area contributed by atoms with Crippen LogP contribution in [0.4, 0.5) is 4.39 Å². The van der Waals surface area contributed by atoms with Crippen LogP contribution in [0.15, 0.2) is 54.6 Å². The second-order valence-corrected chi connectivity index (χ2v) is 8.71. The minimum Gasteiger partial charge on any atom is -0.355 e. The van der Waals surface area contributed by atoms with Crippen molar-refractivity contribution in [3.8, 4) is 0 Å². The summed E-state index contributed by atoms with van der Waals surface area (Å²) in [5.41, 5.74) is 7.46. The zero-order valence-electron chi connectivity index (χ0n) is 14.7. The van der Waals surface area contributed by atoms with E-state index in [0.717, 1.165) is 11.1 Å². The molecule has 3 N–H and O–H groups in total. The van der Waals surface area contributed by atoms with Crippen LogP contribution in [0.25, 0.3) is 0 Å². The normalized spacial score (nSPS) is 19.7. The van der Waals surface area contributed by atoms with Crippen LogP contribution in [0.2, 0.25) is 0 Å². The van der Waals surface area contributed by atoms with E-state index in [1.165, 1.54) is 12.1 Å². The first-order chi connectivity index (χ1) is 12.9. The molecule has 0 spiro atoms. The van der Waals surface area contributed by atoms with Crippen molar-refractivity contribution in [3.05, 3.63) is 71.5 Å². The summed E-state index contributed by atoms with van der Waals surface area (Å²) >= 11 is 0. The van der Waals surface area contributed by atoms with Crippen molar-refractivity contribution < 1.29 is 17.6 Å². The van der Waals surface area contributed by atoms with Crippen molar-refractivity contribution in [1.82, 2.24) is 16.2 Å². The van der Waals surface area contributed by atoms with Gasteiger partial charge in [0.25, 0.3) is 0 Å². The third kappa shape index (κ3) is 5.35. The second kappa shape index (κ2) is 8.60. The summed E-state index contributed by atoms with van der Waals surface area (Å²) in [4.78, 5) is 12.5. The molecule has 0 radical (unpaired) electrons. The molecule has 0 aromatic heterocycles. The van der Waals surface area contributed by atoms with E-state index in [1.807, 2.05) is 6.07 Å². The summed E-state index contributed by atoms with van der Waals surface area (Å²) in [6.45, 7) is 0.464. The first kappa shape index (κ1) is 19.5. The van der Waals surface area contributed by atoms with Crippen molar-refractivity contribution in [3.63, 3.8) is 0 Å². The summed E-state index contributed by atoms with van der Waals surface area (Å²) < 4.78 is 37.5.